The number of rotatable bonds is 8. The van der Waals surface area contributed by atoms with Gasteiger partial charge in [-0.2, -0.15) is 5.10 Å². The molecule has 0 fully saturated rings. The van der Waals surface area contributed by atoms with Gasteiger partial charge in [-0.1, -0.05) is 24.8 Å². The second-order valence-electron chi connectivity index (χ2n) is 6.32. The quantitative estimate of drug-likeness (QED) is 0.583. The number of carbonyl (C=O) groups excluding carboxylic acids is 1. The lowest BCUT2D eigenvalue weighted by Gasteiger charge is -2.14. The Morgan fingerprint density at radius 2 is 2.14 bits per heavy atom. The largest absolute Gasteiger partial charge is 0.497 e. The molecule has 28 heavy (non-hydrogen) atoms. The summed E-state index contributed by atoms with van der Waals surface area (Å²) in [6.07, 6.45) is 2.62. The number of aromatic nitrogens is 5. The van der Waals surface area contributed by atoms with Gasteiger partial charge in [0.1, 0.15) is 17.4 Å². The molecular weight excluding hydrogens is 376 g/mol. The minimum absolute atomic E-state index is 0.118. The van der Waals surface area contributed by atoms with Gasteiger partial charge in [0, 0.05) is 12.1 Å². The maximum atomic E-state index is 12.5. The lowest BCUT2D eigenvalue weighted by molar-refractivity contribution is -0.113. The maximum absolute atomic E-state index is 12.5. The van der Waals surface area contributed by atoms with E-state index in [1.165, 1.54) is 11.8 Å². The van der Waals surface area contributed by atoms with Crippen molar-refractivity contribution in [3.8, 4) is 11.4 Å². The molecule has 0 saturated carbocycles. The number of anilines is 1. The van der Waals surface area contributed by atoms with Crippen LogP contribution < -0.4 is 10.1 Å². The van der Waals surface area contributed by atoms with Crippen LogP contribution >= 0.6 is 11.8 Å². The summed E-state index contributed by atoms with van der Waals surface area (Å²) in [6, 6.07) is 9.67. The van der Waals surface area contributed by atoms with Crippen LogP contribution in [-0.4, -0.2) is 43.3 Å². The van der Waals surface area contributed by atoms with Crippen LogP contribution in [0.15, 0.2) is 41.7 Å². The van der Waals surface area contributed by atoms with Crippen molar-refractivity contribution in [3.05, 3.63) is 42.4 Å². The van der Waals surface area contributed by atoms with E-state index in [1.807, 2.05) is 40.4 Å². The number of nitrogens with one attached hydrogen (secondary N) is 1. The van der Waals surface area contributed by atoms with Crippen LogP contribution in [0.3, 0.4) is 0 Å². The fourth-order valence-electron chi connectivity index (χ4n) is 2.73. The second-order valence-corrected chi connectivity index (χ2v) is 7.26. The Kier molecular flexibility index (Phi) is 6.35. The molecule has 3 rings (SSSR count). The van der Waals surface area contributed by atoms with Gasteiger partial charge in [-0.15, -0.1) is 10.2 Å². The molecule has 0 bridgehead atoms. The molecule has 0 saturated heterocycles. The molecule has 0 aliphatic rings. The van der Waals surface area contributed by atoms with Crippen molar-refractivity contribution in [2.75, 3.05) is 18.2 Å². The molecule has 1 N–H and O–H groups in total. The molecule has 2 heterocycles. The molecule has 2 aromatic heterocycles. The zero-order chi connectivity index (χ0) is 20.1. The monoisotopic (exact) mass is 400 g/mol. The van der Waals surface area contributed by atoms with E-state index in [4.69, 9.17) is 4.74 Å². The van der Waals surface area contributed by atoms with Gasteiger partial charge in [0.2, 0.25) is 5.91 Å². The van der Waals surface area contributed by atoms with Crippen LogP contribution in [-0.2, 0) is 4.79 Å². The number of hydrogen-bond acceptors (Lipinski definition) is 6. The van der Waals surface area contributed by atoms with E-state index >= 15 is 0 Å². The first kappa shape index (κ1) is 19.9. The van der Waals surface area contributed by atoms with Crippen molar-refractivity contribution in [1.82, 2.24) is 24.5 Å². The summed E-state index contributed by atoms with van der Waals surface area (Å²) in [5.41, 5.74) is 0.889. The number of thioether (sulfide) groups is 1. The smallest absolute Gasteiger partial charge is 0.235 e. The zero-order valence-corrected chi connectivity index (χ0v) is 17.2. The van der Waals surface area contributed by atoms with Crippen LogP contribution in [0.4, 0.5) is 5.82 Å². The maximum Gasteiger partial charge on any atom is 0.235 e. The Balaban J connectivity index is 1.70. The Morgan fingerprint density at radius 3 is 2.89 bits per heavy atom. The molecule has 8 nitrogen and oxygen atoms in total. The van der Waals surface area contributed by atoms with Crippen molar-refractivity contribution in [3.63, 3.8) is 0 Å². The minimum Gasteiger partial charge on any atom is -0.497 e. The van der Waals surface area contributed by atoms with Crippen LogP contribution in [0.25, 0.3) is 5.69 Å². The standard InChI is InChI=1S/C19H24N6O2S/c1-5-13(2)25-17(9-10-20-25)21-18(26)12-28-19-23-22-14(3)24(19)15-7-6-8-16(11-15)27-4/h6-11,13H,5,12H2,1-4H3,(H,21,26). The average Bonchev–Trinajstić information content (AvgIpc) is 3.32. The van der Waals surface area contributed by atoms with Gasteiger partial charge in [0.05, 0.1) is 30.8 Å². The Labute approximate surface area is 168 Å². The molecule has 9 heteroatoms. The van der Waals surface area contributed by atoms with Gasteiger partial charge >= 0.3 is 0 Å². The lowest BCUT2D eigenvalue weighted by atomic mass is 10.3. The number of aryl methyl sites for hydroxylation is 1. The SMILES string of the molecule is CCC(C)n1nccc1NC(=O)CSc1nnc(C)n1-c1cccc(OC)c1. The van der Waals surface area contributed by atoms with Crippen molar-refractivity contribution < 1.29 is 9.53 Å². The van der Waals surface area contributed by atoms with E-state index in [0.717, 1.165) is 23.7 Å². The third-order valence-corrected chi connectivity index (χ3v) is 5.31. The Morgan fingerprint density at radius 1 is 1.32 bits per heavy atom. The highest BCUT2D eigenvalue weighted by Crippen LogP contribution is 2.24. The summed E-state index contributed by atoms with van der Waals surface area (Å²) in [4.78, 5) is 12.5. The number of amides is 1. The van der Waals surface area contributed by atoms with E-state index in [0.29, 0.717) is 11.0 Å². The molecule has 0 aliphatic heterocycles. The molecule has 0 radical (unpaired) electrons. The van der Waals surface area contributed by atoms with Gasteiger partial charge in [-0.3, -0.25) is 9.36 Å². The molecule has 1 amide bonds. The Hall–Kier alpha value is -2.81. The van der Waals surface area contributed by atoms with Crippen LogP contribution in [0.1, 0.15) is 32.1 Å². The zero-order valence-electron chi connectivity index (χ0n) is 16.4. The number of ether oxygens (including phenoxy) is 1. The predicted octanol–water partition coefficient (Wildman–Crippen LogP) is 3.48. The predicted molar refractivity (Wildman–Crippen MR) is 109 cm³/mol. The first-order chi connectivity index (χ1) is 13.5. The highest BCUT2D eigenvalue weighted by atomic mass is 32.2. The van der Waals surface area contributed by atoms with Gasteiger partial charge in [-0.05, 0) is 32.4 Å². The van der Waals surface area contributed by atoms with Gasteiger partial charge in [-0.25, -0.2) is 4.68 Å². The Bertz CT molecular complexity index is 952. The third-order valence-electron chi connectivity index (χ3n) is 4.39. The molecular formula is C19H24N6O2S. The number of benzene rings is 1. The molecule has 0 spiro atoms. The minimum atomic E-state index is -0.118. The first-order valence-corrected chi connectivity index (χ1v) is 10.0. The average molecular weight is 401 g/mol. The summed E-state index contributed by atoms with van der Waals surface area (Å²) in [7, 11) is 1.63. The third kappa shape index (κ3) is 4.36. The molecule has 3 aromatic rings. The van der Waals surface area contributed by atoms with E-state index in [2.05, 4.69) is 34.5 Å². The number of nitrogens with zero attached hydrogens (tertiary/aromatic N) is 5. The summed E-state index contributed by atoms with van der Waals surface area (Å²) >= 11 is 1.33. The fraction of sp³-hybridized carbons (Fsp3) is 0.368. The highest BCUT2D eigenvalue weighted by molar-refractivity contribution is 7.99. The van der Waals surface area contributed by atoms with Crippen LogP contribution in [0.2, 0.25) is 0 Å². The lowest BCUT2D eigenvalue weighted by Crippen LogP contribution is -2.19. The highest BCUT2D eigenvalue weighted by Gasteiger charge is 2.15. The van der Waals surface area contributed by atoms with E-state index in [9.17, 15) is 4.79 Å². The number of carbonyl (C=O) groups is 1. The van der Waals surface area contributed by atoms with Crippen molar-refractivity contribution in [2.24, 2.45) is 0 Å². The van der Waals surface area contributed by atoms with Gasteiger partial charge < -0.3 is 10.1 Å². The van der Waals surface area contributed by atoms with Crippen molar-refractivity contribution >= 4 is 23.5 Å². The number of hydrogen-bond donors (Lipinski definition) is 1. The second kappa shape index (κ2) is 8.92. The normalized spacial score (nSPS) is 12.0. The fourth-order valence-corrected chi connectivity index (χ4v) is 3.53. The van der Waals surface area contributed by atoms with E-state index in [1.54, 1.807) is 19.4 Å². The first-order valence-electron chi connectivity index (χ1n) is 9.06. The van der Waals surface area contributed by atoms with Crippen LogP contribution in [0, 0.1) is 6.92 Å². The summed E-state index contributed by atoms with van der Waals surface area (Å²) in [6.45, 7) is 6.03. The van der Waals surface area contributed by atoms with Crippen molar-refractivity contribution in [2.45, 2.75) is 38.4 Å². The number of methoxy groups -OCH3 is 1. The molecule has 1 atom stereocenters. The molecule has 1 aromatic carbocycles. The van der Waals surface area contributed by atoms with Crippen molar-refractivity contribution in [1.29, 1.82) is 0 Å². The summed E-state index contributed by atoms with van der Waals surface area (Å²) in [5, 5.41) is 16.2. The van der Waals surface area contributed by atoms with Gasteiger partial charge in [0.25, 0.3) is 0 Å². The van der Waals surface area contributed by atoms with E-state index in [-0.39, 0.29) is 17.7 Å². The van der Waals surface area contributed by atoms with Gasteiger partial charge in [0.15, 0.2) is 5.16 Å². The molecule has 1 unspecified atom stereocenters. The summed E-state index contributed by atoms with van der Waals surface area (Å²) < 4.78 is 9.03. The summed E-state index contributed by atoms with van der Waals surface area (Å²) in [5.74, 6) is 2.29. The molecule has 148 valence electrons. The topological polar surface area (TPSA) is 86.9 Å². The van der Waals surface area contributed by atoms with E-state index < -0.39 is 0 Å². The molecule has 0 aliphatic carbocycles. The van der Waals surface area contributed by atoms with Crippen LogP contribution in [0.5, 0.6) is 5.75 Å².